The third-order valence-electron chi connectivity index (χ3n) is 6.39. The van der Waals surface area contributed by atoms with E-state index in [0.29, 0.717) is 48.2 Å². The molecule has 0 saturated carbocycles. The molecular weight excluding hydrogens is 467 g/mol. The molecule has 5 rings (SSSR count). The van der Waals surface area contributed by atoms with Gasteiger partial charge in [-0.3, -0.25) is 9.78 Å². The summed E-state index contributed by atoms with van der Waals surface area (Å²) in [4.78, 5) is 20.0. The summed E-state index contributed by atoms with van der Waals surface area (Å²) >= 11 is 6.76. The van der Waals surface area contributed by atoms with Crippen molar-refractivity contribution in [1.82, 2.24) is 9.88 Å². The van der Waals surface area contributed by atoms with Crippen LogP contribution in [0.15, 0.2) is 61.3 Å². The zero-order valence-electron chi connectivity index (χ0n) is 18.6. The summed E-state index contributed by atoms with van der Waals surface area (Å²) in [6.45, 7) is 5.33. The fraction of sp³-hybridized carbons (Fsp3) is 0.148. The van der Waals surface area contributed by atoms with E-state index >= 15 is 4.39 Å². The highest BCUT2D eigenvalue weighted by Crippen LogP contribution is 2.45. The van der Waals surface area contributed by atoms with E-state index in [-0.39, 0.29) is 33.4 Å². The number of hydrogen-bond donors (Lipinski definition) is 1. The van der Waals surface area contributed by atoms with Crippen molar-refractivity contribution in [2.75, 3.05) is 31.1 Å². The molecule has 1 N–H and O–H groups in total. The Kier molecular flexibility index (Phi) is 5.75. The number of phenolic OH excluding ortho intramolecular Hbond substituents is 1. The van der Waals surface area contributed by atoms with Gasteiger partial charge in [0.1, 0.15) is 17.6 Å². The van der Waals surface area contributed by atoms with E-state index in [9.17, 15) is 15.2 Å². The van der Waals surface area contributed by atoms with Gasteiger partial charge in [-0.2, -0.15) is 5.26 Å². The van der Waals surface area contributed by atoms with Crippen LogP contribution in [0, 0.1) is 17.1 Å². The number of nitriles is 1. The van der Waals surface area contributed by atoms with Crippen molar-refractivity contribution in [1.29, 1.82) is 5.26 Å². The van der Waals surface area contributed by atoms with Gasteiger partial charge in [0.05, 0.1) is 21.8 Å². The van der Waals surface area contributed by atoms with Gasteiger partial charge in [-0.1, -0.05) is 48.5 Å². The third kappa shape index (κ3) is 3.72. The number of anilines is 1. The van der Waals surface area contributed by atoms with E-state index in [4.69, 9.17) is 11.6 Å². The lowest BCUT2D eigenvalue weighted by molar-refractivity contribution is -0.126. The molecule has 4 aromatic rings. The van der Waals surface area contributed by atoms with Crippen molar-refractivity contribution in [3.63, 3.8) is 0 Å². The number of nitrogens with zero attached hydrogens (tertiary/aromatic N) is 4. The molecule has 1 aliphatic rings. The van der Waals surface area contributed by atoms with Crippen LogP contribution in [0.3, 0.4) is 0 Å². The Hall–Kier alpha value is -4.15. The topological polar surface area (TPSA) is 80.5 Å². The molecule has 8 heteroatoms. The van der Waals surface area contributed by atoms with Crippen LogP contribution in [0.4, 0.5) is 10.1 Å². The second-order valence-corrected chi connectivity index (χ2v) is 8.65. The maximum Gasteiger partial charge on any atom is 0.246 e. The summed E-state index contributed by atoms with van der Waals surface area (Å²) < 4.78 is 15.8. The van der Waals surface area contributed by atoms with Gasteiger partial charge in [0, 0.05) is 48.9 Å². The molecule has 0 aliphatic carbocycles. The van der Waals surface area contributed by atoms with Crippen molar-refractivity contribution in [2.45, 2.75) is 0 Å². The van der Waals surface area contributed by atoms with Crippen LogP contribution in [0.1, 0.15) is 5.56 Å². The highest BCUT2D eigenvalue weighted by Gasteiger charge is 2.27. The lowest BCUT2D eigenvalue weighted by atomic mass is 9.95. The Morgan fingerprint density at radius 2 is 1.89 bits per heavy atom. The molecule has 1 aliphatic heterocycles. The Morgan fingerprint density at radius 1 is 1.14 bits per heavy atom. The summed E-state index contributed by atoms with van der Waals surface area (Å²) in [5.41, 5.74) is 1.48. The number of pyridine rings is 1. The number of rotatable bonds is 3. The number of benzene rings is 3. The van der Waals surface area contributed by atoms with Crippen molar-refractivity contribution < 1.29 is 14.3 Å². The van der Waals surface area contributed by atoms with E-state index in [1.165, 1.54) is 24.4 Å². The summed E-state index contributed by atoms with van der Waals surface area (Å²) in [6, 6.07) is 14.1. The normalized spacial score (nSPS) is 13.7. The Morgan fingerprint density at radius 3 is 2.60 bits per heavy atom. The van der Waals surface area contributed by atoms with Gasteiger partial charge in [-0.25, -0.2) is 4.39 Å². The first-order valence-corrected chi connectivity index (χ1v) is 11.4. The van der Waals surface area contributed by atoms with E-state index in [0.717, 1.165) is 5.39 Å². The van der Waals surface area contributed by atoms with E-state index in [1.807, 2.05) is 23.1 Å². The zero-order chi connectivity index (χ0) is 24.7. The van der Waals surface area contributed by atoms with Crippen molar-refractivity contribution >= 4 is 44.9 Å². The molecule has 3 aromatic carbocycles. The molecule has 0 unspecified atom stereocenters. The number of hydrogen-bond acceptors (Lipinski definition) is 5. The largest absolute Gasteiger partial charge is 0.507 e. The molecule has 0 bridgehead atoms. The monoisotopic (exact) mass is 486 g/mol. The molecule has 0 radical (unpaired) electrons. The number of piperazine rings is 1. The number of aromatic nitrogens is 1. The SMILES string of the molecule is C=CC(=O)N1CCN(c2c(C#N)cnc3c(Cl)c(-c4c(O)ccc5ccccc45)c(F)cc23)CC1. The summed E-state index contributed by atoms with van der Waals surface area (Å²) in [7, 11) is 0. The minimum Gasteiger partial charge on any atom is -0.507 e. The molecule has 1 amide bonds. The van der Waals surface area contributed by atoms with Crippen molar-refractivity contribution in [3.05, 3.63) is 77.7 Å². The van der Waals surface area contributed by atoms with E-state index in [1.54, 1.807) is 17.0 Å². The molecule has 1 saturated heterocycles. The van der Waals surface area contributed by atoms with E-state index in [2.05, 4.69) is 17.6 Å². The van der Waals surface area contributed by atoms with E-state index < -0.39 is 5.82 Å². The van der Waals surface area contributed by atoms with Gasteiger partial charge in [0.2, 0.25) is 5.91 Å². The molecule has 1 fully saturated rings. The van der Waals surface area contributed by atoms with Crippen LogP contribution in [-0.2, 0) is 4.79 Å². The zero-order valence-corrected chi connectivity index (χ0v) is 19.4. The second kappa shape index (κ2) is 8.90. The molecule has 1 aromatic heterocycles. The molecule has 2 heterocycles. The average Bonchev–Trinajstić information content (AvgIpc) is 2.88. The molecular formula is C27H20ClFN4O2. The maximum atomic E-state index is 15.8. The van der Waals surface area contributed by atoms with Crippen molar-refractivity contribution in [2.24, 2.45) is 0 Å². The average molecular weight is 487 g/mol. The lowest BCUT2D eigenvalue weighted by Crippen LogP contribution is -2.48. The van der Waals surface area contributed by atoms with Crippen LogP contribution in [-0.4, -0.2) is 47.1 Å². The predicted octanol–water partition coefficient (Wildman–Crippen LogP) is 5.26. The van der Waals surface area contributed by atoms with Crippen LogP contribution >= 0.6 is 11.6 Å². The number of halogens is 2. The Labute approximate surface area is 206 Å². The molecule has 174 valence electrons. The second-order valence-electron chi connectivity index (χ2n) is 8.27. The number of fused-ring (bicyclic) bond motifs is 2. The molecule has 6 nitrogen and oxygen atoms in total. The van der Waals surface area contributed by atoms with Crippen LogP contribution in [0.5, 0.6) is 5.75 Å². The number of aromatic hydroxyl groups is 1. The predicted molar refractivity (Wildman–Crippen MR) is 135 cm³/mol. The number of carbonyl (C=O) groups excluding carboxylic acids is 1. The number of phenols is 1. The highest BCUT2D eigenvalue weighted by atomic mass is 35.5. The third-order valence-corrected chi connectivity index (χ3v) is 6.75. The fourth-order valence-corrected chi connectivity index (χ4v) is 5.04. The number of amides is 1. The first kappa shape index (κ1) is 22.6. The Balaban J connectivity index is 1.70. The van der Waals surface area contributed by atoms with Crippen LogP contribution < -0.4 is 4.90 Å². The number of carbonyl (C=O) groups is 1. The van der Waals surface area contributed by atoms with Gasteiger partial charge < -0.3 is 14.9 Å². The van der Waals surface area contributed by atoms with Gasteiger partial charge in [-0.05, 0) is 29.0 Å². The van der Waals surface area contributed by atoms with Crippen LogP contribution in [0.25, 0.3) is 32.8 Å². The smallest absolute Gasteiger partial charge is 0.246 e. The molecule has 35 heavy (non-hydrogen) atoms. The minimum absolute atomic E-state index is 0.0536. The standard InChI is InChI=1S/C27H20ClFN4O2/c1-2-22(35)32-9-11-33(12-10-32)27-17(14-30)15-31-26-19(27)13-20(29)24(25(26)28)23-18-6-4-3-5-16(18)7-8-21(23)34/h2-8,13,15,34H,1,9-12H2. The first-order chi connectivity index (χ1) is 16.9. The highest BCUT2D eigenvalue weighted by molar-refractivity contribution is 6.39. The van der Waals surface area contributed by atoms with Gasteiger partial charge >= 0.3 is 0 Å². The van der Waals surface area contributed by atoms with Crippen molar-refractivity contribution in [3.8, 4) is 22.9 Å². The molecule has 0 atom stereocenters. The fourth-order valence-electron chi connectivity index (χ4n) is 4.70. The summed E-state index contributed by atoms with van der Waals surface area (Å²) in [5, 5.41) is 22.4. The quantitative estimate of drug-likeness (QED) is 0.399. The Bertz CT molecular complexity index is 1560. The lowest BCUT2D eigenvalue weighted by Gasteiger charge is -2.36. The maximum absolute atomic E-state index is 15.8. The van der Waals surface area contributed by atoms with Crippen LogP contribution in [0.2, 0.25) is 5.02 Å². The molecule has 0 spiro atoms. The van der Waals surface area contributed by atoms with Gasteiger partial charge in [-0.15, -0.1) is 0 Å². The minimum atomic E-state index is -0.632. The van der Waals surface area contributed by atoms with Gasteiger partial charge in [0.15, 0.2) is 0 Å². The summed E-state index contributed by atoms with van der Waals surface area (Å²) in [5.74, 6) is -0.883. The summed E-state index contributed by atoms with van der Waals surface area (Å²) in [6.07, 6.45) is 2.70. The van der Waals surface area contributed by atoms with Gasteiger partial charge in [0.25, 0.3) is 0 Å². The first-order valence-electron chi connectivity index (χ1n) is 11.0.